The molecule has 0 unspecified atom stereocenters. The zero-order chi connectivity index (χ0) is 42.7. The second-order valence-electron chi connectivity index (χ2n) is 16.4. The molecular formula is C47H84O9P2. The number of benzene rings is 2. The first-order valence-corrected chi connectivity index (χ1v) is 25.2. The van der Waals surface area contributed by atoms with Crippen LogP contribution >= 0.6 is 17.2 Å². The van der Waals surface area contributed by atoms with Crippen molar-refractivity contribution in [2.75, 3.05) is 19.8 Å². The van der Waals surface area contributed by atoms with Crippen molar-refractivity contribution < 1.29 is 44.3 Å². The molecule has 0 spiro atoms. The molecule has 0 atom stereocenters. The fourth-order valence-electron chi connectivity index (χ4n) is 7.94. The minimum absolute atomic E-state index is 0.539. The van der Waals surface area contributed by atoms with Gasteiger partial charge in [-0.2, -0.15) is 0 Å². The lowest BCUT2D eigenvalue weighted by Crippen LogP contribution is -2.54. The maximum Gasteiger partial charge on any atom is 0.334 e. The molecule has 11 heteroatoms. The monoisotopic (exact) mass is 855 g/mol. The number of hydrogen-bond donors (Lipinski definition) is 8. The molecule has 0 aliphatic rings. The molecule has 58 heavy (non-hydrogen) atoms. The summed E-state index contributed by atoms with van der Waals surface area (Å²) in [4.78, 5) is 31.3. The molecule has 0 bridgehead atoms. The van der Waals surface area contributed by atoms with Gasteiger partial charge in [0.15, 0.2) is 0 Å². The number of hydrogen-bond acceptors (Lipinski definition) is 9. The van der Waals surface area contributed by atoms with E-state index in [1.807, 2.05) is 36.4 Å². The zero-order valence-electron chi connectivity index (χ0n) is 36.4. The summed E-state index contributed by atoms with van der Waals surface area (Å²) in [5, 5.41) is 44.3. The second kappa shape index (κ2) is 35.5. The Hall–Kier alpha value is -1.06. The molecule has 0 aliphatic carbocycles. The van der Waals surface area contributed by atoms with Crippen molar-refractivity contribution in [1.29, 1.82) is 0 Å². The summed E-state index contributed by atoms with van der Waals surface area (Å²) in [6.07, 6.45) is 36.3. The molecule has 2 rings (SSSR count). The maximum atomic E-state index is 12.6. The van der Waals surface area contributed by atoms with Crippen LogP contribution in [-0.4, -0.2) is 59.8 Å². The van der Waals surface area contributed by atoms with Gasteiger partial charge in [-0.05, 0) is 47.9 Å². The van der Waals surface area contributed by atoms with Gasteiger partial charge in [-0.1, -0.05) is 216 Å². The van der Waals surface area contributed by atoms with E-state index < -0.39 is 48.0 Å². The van der Waals surface area contributed by atoms with Crippen LogP contribution in [0.3, 0.4) is 0 Å². The van der Waals surface area contributed by atoms with Crippen molar-refractivity contribution in [3.05, 3.63) is 70.8 Å². The Labute approximate surface area is 355 Å². The van der Waals surface area contributed by atoms with Gasteiger partial charge in [-0.15, -0.1) is 0 Å². The highest BCUT2D eigenvalue weighted by molar-refractivity contribution is 7.53. The third kappa shape index (κ3) is 23.2. The summed E-state index contributed by atoms with van der Waals surface area (Å²) in [5.41, 5.74) is 0.230. The van der Waals surface area contributed by atoms with E-state index in [1.165, 1.54) is 154 Å². The molecule has 8 N–H and O–H groups in total. The van der Waals surface area contributed by atoms with Crippen LogP contribution in [0, 0.1) is 5.41 Å². The first kappa shape index (κ1) is 55.0. The van der Waals surface area contributed by atoms with E-state index in [-0.39, 0.29) is 0 Å². The molecule has 0 heterocycles. The third-order valence-electron chi connectivity index (χ3n) is 11.6. The van der Waals surface area contributed by atoms with Crippen LogP contribution < -0.4 is 0 Å². The van der Waals surface area contributed by atoms with E-state index in [0.29, 0.717) is 11.1 Å². The molecule has 9 nitrogen and oxygen atoms in total. The summed E-state index contributed by atoms with van der Waals surface area (Å²) >= 11 is 0. The highest BCUT2D eigenvalue weighted by atomic mass is 31.2. The summed E-state index contributed by atoms with van der Waals surface area (Å²) in [6, 6.07) is 15.9. The lowest BCUT2D eigenvalue weighted by atomic mass is 9.65. The van der Waals surface area contributed by atoms with Gasteiger partial charge in [-0.3, -0.25) is 0 Å². The third-order valence-corrected chi connectivity index (χ3v) is 12.8. The van der Waals surface area contributed by atoms with E-state index in [0.717, 1.165) is 36.8 Å². The molecule has 2 aromatic rings. The Bertz CT molecular complexity index is 1140. The van der Waals surface area contributed by atoms with E-state index in [1.54, 1.807) is 0 Å². The predicted octanol–water partition coefficient (Wildman–Crippen LogP) is 11.6. The fourth-order valence-corrected chi connectivity index (χ4v) is 8.46. The lowest BCUT2D eigenvalue weighted by Gasteiger charge is -2.45. The average Bonchev–Trinajstić information content (AvgIpc) is 3.22. The van der Waals surface area contributed by atoms with Crippen LogP contribution in [0.5, 0.6) is 0 Å². The summed E-state index contributed by atoms with van der Waals surface area (Å²) < 4.78 is 3.60. The van der Waals surface area contributed by atoms with Crippen molar-refractivity contribution in [3.63, 3.8) is 0 Å². The zero-order valence-corrected chi connectivity index (χ0v) is 38.2. The number of unbranched alkanes of at least 4 members (excludes halogenated alkanes) is 24. The van der Waals surface area contributed by atoms with E-state index in [4.69, 9.17) is 19.6 Å². The predicted molar refractivity (Wildman–Crippen MR) is 242 cm³/mol. The molecule has 336 valence electrons. The van der Waals surface area contributed by atoms with Crippen molar-refractivity contribution >= 4 is 17.2 Å². The van der Waals surface area contributed by atoms with Crippen LogP contribution in [0.25, 0.3) is 0 Å². The summed E-state index contributed by atoms with van der Waals surface area (Å²) in [6.45, 7) is 2.93. The Morgan fingerprint density at radius 2 is 0.707 bits per heavy atom. The van der Waals surface area contributed by atoms with Crippen LogP contribution in [0.15, 0.2) is 48.5 Å². The highest BCUT2D eigenvalue weighted by Gasteiger charge is 2.52. The quantitative estimate of drug-likeness (QED) is 0.0245. The van der Waals surface area contributed by atoms with E-state index >= 15 is 0 Å². The minimum atomic E-state index is -2.61. The highest BCUT2D eigenvalue weighted by Crippen LogP contribution is 2.46. The van der Waals surface area contributed by atoms with E-state index in [9.17, 15) is 20.4 Å². The fraction of sp³-hybridized carbons (Fsp3) is 0.745. The van der Waals surface area contributed by atoms with Crippen LogP contribution in [-0.2, 0) is 22.8 Å². The number of aliphatic hydroxyl groups excluding tert-OH is 3. The van der Waals surface area contributed by atoms with Crippen molar-refractivity contribution in [2.24, 2.45) is 5.41 Å². The standard InChI is InChI=1S/C47H80O4.H4O5P2/c1-3-5-7-9-11-13-15-17-19-21-23-25-27-31-42-33-29-35-44(37-42)47(51,46(39-48,40-49)41-50)45-36-30-34-43(38-45)32-28-26-24-22-20-18-16-14-12-10-8-6-4-2;1-6(2)5-7(3)4/h29-30,33-38,48-51H,3-28,31-32,39-41H2,1-2H3;1-4H. The van der Waals surface area contributed by atoms with Gasteiger partial charge < -0.3 is 40.0 Å². The SMILES string of the molecule is CCCCCCCCCCCCCCCc1cccc(C(O)(c2cccc(CCCCCCCCCCCCCCC)c2)C(CO)(CO)CO)c1.OP(O)OP(O)O. The molecule has 2 aromatic carbocycles. The van der Waals surface area contributed by atoms with Gasteiger partial charge in [0.25, 0.3) is 0 Å². The topological polar surface area (TPSA) is 171 Å². The van der Waals surface area contributed by atoms with Gasteiger partial charge in [0, 0.05) is 0 Å². The molecule has 0 fully saturated rings. The van der Waals surface area contributed by atoms with Gasteiger partial charge in [0.05, 0.1) is 25.2 Å². The van der Waals surface area contributed by atoms with Gasteiger partial charge in [-0.25, -0.2) is 4.31 Å². The Morgan fingerprint density at radius 3 is 0.948 bits per heavy atom. The number of aliphatic hydroxyl groups is 4. The first-order chi connectivity index (χ1) is 28.1. The van der Waals surface area contributed by atoms with Crippen LogP contribution in [0.2, 0.25) is 0 Å². The molecule has 0 amide bonds. The Kier molecular flexibility index (Phi) is 33.7. The van der Waals surface area contributed by atoms with Crippen molar-refractivity contribution in [1.82, 2.24) is 0 Å². The smallest absolute Gasteiger partial charge is 0.334 e. The van der Waals surface area contributed by atoms with Crippen LogP contribution in [0.1, 0.15) is 203 Å². The molecule has 0 aromatic heterocycles. The first-order valence-electron chi connectivity index (χ1n) is 22.9. The van der Waals surface area contributed by atoms with Crippen molar-refractivity contribution in [2.45, 2.75) is 199 Å². The largest absolute Gasteiger partial charge is 0.395 e. The van der Waals surface area contributed by atoms with Crippen LogP contribution in [0.4, 0.5) is 0 Å². The summed E-state index contributed by atoms with van der Waals surface area (Å²) in [5.74, 6) is 0. The normalized spacial score (nSPS) is 12.1. The summed E-state index contributed by atoms with van der Waals surface area (Å²) in [7, 11) is -5.22. The molecule has 0 radical (unpaired) electrons. The lowest BCUT2D eigenvalue weighted by molar-refractivity contribution is -0.136. The minimum Gasteiger partial charge on any atom is -0.395 e. The van der Waals surface area contributed by atoms with Gasteiger partial charge in [0.1, 0.15) is 5.60 Å². The Morgan fingerprint density at radius 1 is 0.431 bits per heavy atom. The molecule has 0 aliphatic heterocycles. The molecule has 0 saturated carbocycles. The number of rotatable bonds is 36. The molecule has 0 saturated heterocycles. The van der Waals surface area contributed by atoms with Gasteiger partial charge in [0.2, 0.25) is 0 Å². The van der Waals surface area contributed by atoms with Gasteiger partial charge >= 0.3 is 17.2 Å². The molecular weight excluding hydrogens is 770 g/mol. The number of aryl methyl sites for hydroxylation is 2. The average molecular weight is 855 g/mol. The second-order valence-corrected chi connectivity index (χ2v) is 18.1. The Balaban J connectivity index is 0.00000219. The van der Waals surface area contributed by atoms with Crippen molar-refractivity contribution in [3.8, 4) is 0 Å². The van der Waals surface area contributed by atoms with E-state index in [2.05, 4.69) is 30.3 Å². The maximum absolute atomic E-state index is 12.6.